The predicted molar refractivity (Wildman–Crippen MR) is 64.9 cm³/mol. The summed E-state index contributed by atoms with van der Waals surface area (Å²) >= 11 is 0. The second kappa shape index (κ2) is 5.82. The Morgan fingerprint density at radius 3 is 2.89 bits per heavy atom. The molecule has 1 aliphatic heterocycles. The maximum atomic E-state index is 11.9. The number of nitrogens with one attached hydrogen (secondary N) is 1. The summed E-state index contributed by atoms with van der Waals surface area (Å²) in [5.74, 6) is -1.09. The number of carboxylic acids is 1. The van der Waals surface area contributed by atoms with Gasteiger partial charge in [0.2, 0.25) is 0 Å². The second-order valence-corrected chi connectivity index (χ2v) is 4.56. The van der Waals surface area contributed by atoms with Gasteiger partial charge in [-0.05, 0) is 31.7 Å². The quantitative estimate of drug-likeness (QED) is 0.786. The van der Waals surface area contributed by atoms with E-state index >= 15 is 0 Å². The van der Waals surface area contributed by atoms with Crippen molar-refractivity contribution in [1.82, 2.24) is 4.98 Å². The van der Waals surface area contributed by atoms with Crippen molar-refractivity contribution in [2.24, 2.45) is 0 Å². The summed E-state index contributed by atoms with van der Waals surface area (Å²) in [4.78, 5) is 25.1. The number of carbonyl (C=O) groups is 2. The molecule has 0 aromatic carbocycles. The first-order valence-electron chi connectivity index (χ1n) is 6.23. The summed E-state index contributed by atoms with van der Waals surface area (Å²) in [6.45, 7) is 0.784. The molecule has 2 heterocycles. The number of hydrogen-bond acceptors (Lipinski definition) is 3. The molecule has 98 valence electrons. The number of carbonyl (C=O) groups excluding carboxylic acids is 1. The largest absolute Gasteiger partial charge is 0.477 e. The number of ether oxygens (including phenoxy) is 1. The van der Waals surface area contributed by atoms with Gasteiger partial charge in [-0.25, -0.2) is 4.79 Å². The fourth-order valence-electron chi connectivity index (χ4n) is 2.15. The molecule has 2 N–H and O–H groups in total. The Bertz CT molecular complexity index is 432. The van der Waals surface area contributed by atoms with E-state index in [1.165, 1.54) is 12.3 Å². The number of ketones is 1. The van der Waals surface area contributed by atoms with Crippen molar-refractivity contribution in [2.45, 2.75) is 38.2 Å². The maximum Gasteiger partial charge on any atom is 0.352 e. The van der Waals surface area contributed by atoms with Gasteiger partial charge in [0.05, 0.1) is 6.10 Å². The number of aromatic amines is 1. The van der Waals surface area contributed by atoms with Crippen LogP contribution in [0.15, 0.2) is 12.3 Å². The van der Waals surface area contributed by atoms with Gasteiger partial charge >= 0.3 is 5.97 Å². The van der Waals surface area contributed by atoms with Gasteiger partial charge in [-0.1, -0.05) is 0 Å². The molecule has 0 spiro atoms. The normalized spacial score (nSPS) is 19.7. The summed E-state index contributed by atoms with van der Waals surface area (Å²) in [5, 5.41) is 8.75. The summed E-state index contributed by atoms with van der Waals surface area (Å²) in [5.41, 5.74) is 0.482. The molecule has 1 fully saturated rings. The number of Topliss-reactive ketones (excluding diaryl/α,β-unsaturated/α-hetero) is 1. The van der Waals surface area contributed by atoms with Crippen LogP contribution in [-0.4, -0.2) is 34.6 Å². The molecule has 1 saturated heterocycles. The van der Waals surface area contributed by atoms with Crippen molar-refractivity contribution < 1.29 is 19.4 Å². The maximum absolute atomic E-state index is 11.9. The van der Waals surface area contributed by atoms with E-state index in [2.05, 4.69) is 4.98 Å². The Kier molecular flexibility index (Phi) is 4.15. The number of aromatic carboxylic acids is 1. The number of aromatic nitrogens is 1. The fraction of sp³-hybridized carbons (Fsp3) is 0.538. The van der Waals surface area contributed by atoms with Crippen LogP contribution in [0.5, 0.6) is 0 Å². The van der Waals surface area contributed by atoms with E-state index in [1.54, 1.807) is 0 Å². The summed E-state index contributed by atoms with van der Waals surface area (Å²) in [6, 6.07) is 1.38. The van der Waals surface area contributed by atoms with Crippen LogP contribution >= 0.6 is 0 Å². The Hall–Kier alpha value is -1.62. The lowest BCUT2D eigenvalue weighted by Crippen LogP contribution is -2.19. The van der Waals surface area contributed by atoms with Gasteiger partial charge in [-0.15, -0.1) is 0 Å². The van der Waals surface area contributed by atoms with Crippen LogP contribution in [0.4, 0.5) is 0 Å². The molecule has 5 nitrogen and oxygen atoms in total. The lowest BCUT2D eigenvalue weighted by atomic mass is 10.0. The highest BCUT2D eigenvalue weighted by molar-refractivity contribution is 5.98. The molecule has 1 aromatic rings. The fourth-order valence-corrected chi connectivity index (χ4v) is 2.15. The molecule has 0 bridgehead atoms. The first-order chi connectivity index (χ1) is 8.66. The molecular formula is C13H17NO4. The third-order valence-corrected chi connectivity index (χ3v) is 3.20. The monoisotopic (exact) mass is 251 g/mol. The number of carboxylic acid groups (broad SMARTS) is 1. The standard InChI is InChI=1S/C13H17NO4/c15-12(5-4-10-3-1-2-6-18-10)9-7-11(13(16)17)14-8-9/h7-8,10,14H,1-6H2,(H,16,17). The number of hydrogen-bond donors (Lipinski definition) is 2. The molecule has 1 unspecified atom stereocenters. The van der Waals surface area contributed by atoms with Crippen molar-refractivity contribution >= 4 is 11.8 Å². The van der Waals surface area contributed by atoms with Crippen LogP contribution in [0.1, 0.15) is 53.0 Å². The highest BCUT2D eigenvalue weighted by Gasteiger charge is 2.17. The van der Waals surface area contributed by atoms with E-state index in [4.69, 9.17) is 9.84 Å². The lowest BCUT2D eigenvalue weighted by molar-refractivity contribution is 0.0104. The molecular weight excluding hydrogens is 234 g/mol. The minimum atomic E-state index is -1.05. The summed E-state index contributed by atoms with van der Waals surface area (Å²) in [6.07, 6.45) is 6.03. The predicted octanol–water partition coefficient (Wildman–Crippen LogP) is 2.24. The van der Waals surface area contributed by atoms with Gasteiger partial charge in [0, 0.05) is 24.8 Å². The highest BCUT2D eigenvalue weighted by atomic mass is 16.5. The molecule has 1 atom stereocenters. The SMILES string of the molecule is O=C(CCC1CCCCO1)c1c[nH]c(C(=O)O)c1. The first kappa shape index (κ1) is 12.8. The van der Waals surface area contributed by atoms with Gasteiger partial charge in [0.15, 0.2) is 5.78 Å². The average molecular weight is 251 g/mol. The molecule has 0 amide bonds. The van der Waals surface area contributed by atoms with E-state index in [9.17, 15) is 9.59 Å². The van der Waals surface area contributed by atoms with Crippen LogP contribution in [0, 0.1) is 0 Å². The minimum Gasteiger partial charge on any atom is -0.477 e. The topological polar surface area (TPSA) is 79.4 Å². The molecule has 2 rings (SSSR count). The number of H-pyrrole nitrogens is 1. The summed E-state index contributed by atoms with van der Waals surface area (Å²) in [7, 11) is 0. The van der Waals surface area contributed by atoms with E-state index < -0.39 is 5.97 Å². The smallest absolute Gasteiger partial charge is 0.352 e. The van der Waals surface area contributed by atoms with Crippen LogP contribution in [0.25, 0.3) is 0 Å². The highest BCUT2D eigenvalue weighted by Crippen LogP contribution is 2.18. The van der Waals surface area contributed by atoms with Crippen LogP contribution in [0.2, 0.25) is 0 Å². The van der Waals surface area contributed by atoms with Crippen molar-refractivity contribution in [2.75, 3.05) is 6.61 Å². The van der Waals surface area contributed by atoms with Gasteiger partial charge < -0.3 is 14.8 Å². The van der Waals surface area contributed by atoms with Gasteiger partial charge in [-0.3, -0.25) is 4.79 Å². The first-order valence-corrected chi connectivity index (χ1v) is 6.23. The van der Waals surface area contributed by atoms with Gasteiger partial charge in [0.1, 0.15) is 5.69 Å². The van der Waals surface area contributed by atoms with Crippen molar-refractivity contribution in [3.8, 4) is 0 Å². The van der Waals surface area contributed by atoms with Crippen LogP contribution in [0.3, 0.4) is 0 Å². The van der Waals surface area contributed by atoms with E-state index in [-0.39, 0.29) is 17.6 Å². The Labute approximate surface area is 105 Å². The molecule has 1 aromatic heterocycles. The number of rotatable bonds is 5. The zero-order chi connectivity index (χ0) is 13.0. The van der Waals surface area contributed by atoms with Crippen molar-refractivity contribution in [3.63, 3.8) is 0 Å². The lowest BCUT2D eigenvalue weighted by Gasteiger charge is -2.21. The van der Waals surface area contributed by atoms with E-state index in [0.29, 0.717) is 18.4 Å². The summed E-state index contributed by atoms with van der Waals surface area (Å²) < 4.78 is 5.55. The molecule has 5 heteroatoms. The van der Waals surface area contributed by atoms with Crippen molar-refractivity contribution in [1.29, 1.82) is 0 Å². The van der Waals surface area contributed by atoms with Gasteiger partial charge in [-0.2, -0.15) is 0 Å². The minimum absolute atomic E-state index is 0.0343. The Morgan fingerprint density at radius 2 is 2.28 bits per heavy atom. The zero-order valence-electron chi connectivity index (χ0n) is 10.1. The Balaban J connectivity index is 1.84. The molecule has 0 saturated carbocycles. The Morgan fingerprint density at radius 1 is 1.44 bits per heavy atom. The third kappa shape index (κ3) is 3.20. The molecule has 0 radical (unpaired) electrons. The zero-order valence-corrected chi connectivity index (χ0v) is 10.1. The average Bonchev–Trinajstić information content (AvgIpc) is 2.87. The third-order valence-electron chi connectivity index (χ3n) is 3.20. The van der Waals surface area contributed by atoms with E-state index in [0.717, 1.165) is 25.9 Å². The molecule has 18 heavy (non-hydrogen) atoms. The second-order valence-electron chi connectivity index (χ2n) is 4.56. The van der Waals surface area contributed by atoms with Crippen LogP contribution in [-0.2, 0) is 4.74 Å². The van der Waals surface area contributed by atoms with E-state index in [1.807, 2.05) is 0 Å². The van der Waals surface area contributed by atoms with Gasteiger partial charge in [0.25, 0.3) is 0 Å². The molecule has 1 aliphatic rings. The molecule has 0 aliphatic carbocycles. The van der Waals surface area contributed by atoms with Crippen LogP contribution < -0.4 is 0 Å². The van der Waals surface area contributed by atoms with Crippen molar-refractivity contribution in [3.05, 3.63) is 23.5 Å².